The minimum atomic E-state index is -0.291. The Labute approximate surface area is 222 Å². The molecule has 1 amide bonds. The highest BCUT2D eigenvalue weighted by Gasteiger charge is 2.63. The molecule has 4 saturated carbocycles. The third kappa shape index (κ3) is 4.01. The first kappa shape index (κ1) is 25.8. The molecule has 1 aromatic rings. The van der Waals surface area contributed by atoms with E-state index in [1.54, 1.807) is 11.0 Å². The largest absolute Gasteiger partial charge is 0.393 e. The van der Waals surface area contributed by atoms with Crippen molar-refractivity contribution in [2.24, 2.45) is 46.3 Å². The number of amides is 1. The molecule has 0 saturated heterocycles. The van der Waals surface area contributed by atoms with E-state index in [1.807, 2.05) is 0 Å². The predicted molar refractivity (Wildman–Crippen MR) is 143 cm³/mol. The highest BCUT2D eigenvalue weighted by Crippen LogP contribution is 2.68. The lowest BCUT2D eigenvalue weighted by atomic mass is 9.43. The van der Waals surface area contributed by atoms with Crippen molar-refractivity contribution in [3.63, 3.8) is 0 Å². The van der Waals surface area contributed by atoms with Crippen molar-refractivity contribution < 1.29 is 19.4 Å². The summed E-state index contributed by atoms with van der Waals surface area (Å²) in [5, 5.41) is 22.1. The number of hydrogen-bond donors (Lipinski definition) is 2. The van der Waals surface area contributed by atoms with E-state index in [-0.39, 0.29) is 34.8 Å². The Kier molecular flexibility index (Phi) is 6.50. The van der Waals surface area contributed by atoms with E-state index in [2.05, 4.69) is 20.8 Å². The van der Waals surface area contributed by atoms with Gasteiger partial charge in [-0.15, -0.1) is 0 Å². The smallest absolute Gasteiger partial charge is 0.227 e. The number of benzene rings is 1. The number of halogens is 1. The first-order valence-electron chi connectivity index (χ1n) is 15.1. The van der Waals surface area contributed by atoms with Crippen LogP contribution in [0.25, 0.3) is 0 Å². The van der Waals surface area contributed by atoms with E-state index in [9.17, 15) is 19.4 Å². The zero-order valence-electron chi connectivity index (χ0n) is 23.0. The van der Waals surface area contributed by atoms with Crippen LogP contribution in [-0.2, 0) is 11.2 Å². The summed E-state index contributed by atoms with van der Waals surface area (Å²) >= 11 is 0. The summed E-state index contributed by atoms with van der Waals surface area (Å²) in [6.45, 7) is 7.78. The molecule has 10 atom stereocenters. The fourth-order valence-corrected chi connectivity index (χ4v) is 10.5. The number of carbonyl (C=O) groups is 1. The normalized spacial score (nSPS) is 43.5. The van der Waals surface area contributed by atoms with Crippen molar-refractivity contribution in [2.75, 3.05) is 11.4 Å². The van der Waals surface area contributed by atoms with Crippen molar-refractivity contribution in [3.8, 4) is 0 Å². The maximum Gasteiger partial charge on any atom is 0.227 e. The van der Waals surface area contributed by atoms with Crippen LogP contribution in [0.2, 0.25) is 0 Å². The molecule has 204 valence electrons. The molecule has 0 aromatic heterocycles. The van der Waals surface area contributed by atoms with Crippen LogP contribution < -0.4 is 4.90 Å². The molecule has 0 spiro atoms. The standard InChI is InChI=1S/C32H46FNO3/c1-19(4-11-30(37)34-15-13-20-5-7-22(33)17-28(20)34)25-9-10-26-24-8-6-21-16-23(35)12-14-31(21,2)27(24)18-29(36)32(25,26)3/h5,7,17,19,21,23-27,29,35-36H,4,6,8-16,18H2,1-3H3/t19-,21-,23-,24+,25-,26+,27+,29+,31+,32-/m1/s1. The minimum absolute atomic E-state index is 0.0790. The molecule has 2 N–H and O–H groups in total. The summed E-state index contributed by atoms with van der Waals surface area (Å²) in [7, 11) is 0. The monoisotopic (exact) mass is 511 g/mol. The molecule has 4 nitrogen and oxygen atoms in total. The van der Waals surface area contributed by atoms with Gasteiger partial charge in [-0.25, -0.2) is 4.39 Å². The first-order valence-corrected chi connectivity index (χ1v) is 15.1. The van der Waals surface area contributed by atoms with Crippen LogP contribution >= 0.6 is 0 Å². The minimum Gasteiger partial charge on any atom is -0.393 e. The Morgan fingerprint density at radius 2 is 1.92 bits per heavy atom. The lowest BCUT2D eigenvalue weighted by Gasteiger charge is -2.62. The van der Waals surface area contributed by atoms with E-state index in [1.165, 1.54) is 31.4 Å². The summed E-state index contributed by atoms with van der Waals surface area (Å²) in [4.78, 5) is 15.0. The molecule has 5 aliphatic rings. The quantitative estimate of drug-likeness (QED) is 0.512. The van der Waals surface area contributed by atoms with E-state index in [0.29, 0.717) is 48.5 Å². The zero-order chi connectivity index (χ0) is 26.1. The molecule has 1 heterocycles. The maximum absolute atomic E-state index is 13.8. The molecule has 1 aliphatic heterocycles. The van der Waals surface area contributed by atoms with Gasteiger partial charge >= 0.3 is 0 Å². The summed E-state index contributed by atoms with van der Waals surface area (Å²) in [5.41, 5.74) is 1.99. The molecule has 4 aliphatic carbocycles. The molecule has 6 rings (SSSR count). The van der Waals surface area contributed by atoms with Gasteiger partial charge in [-0.1, -0.05) is 26.8 Å². The number of fused-ring (bicyclic) bond motifs is 6. The number of anilines is 1. The van der Waals surface area contributed by atoms with Crippen LogP contribution in [-0.4, -0.2) is 34.9 Å². The van der Waals surface area contributed by atoms with E-state index in [4.69, 9.17) is 0 Å². The first-order chi connectivity index (χ1) is 17.6. The Hall–Kier alpha value is -1.46. The van der Waals surface area contributed by atoms with Crippen LogP contribution in [0.5, 0.6) is 0 Å². The van der Waals surface area contributed by atoms with Gasteiger partial charge in [-0.3, -0.25) is 4.79 Å². The van der Waals surface area contributed by atoms with E-state index < -0.39 is 0 Å². The number of nitrogens with zero attached hydrogens (tertiary/aromatic N) is 1. The van der Waals surface area contributed by atoms with Crippen molar-refractivity contribution in [3.05, 3.63) is 29.6 Å². The average Bonchev–Trinajstić information content (AvgIpc) is 3.45. The summed E-state index contributed by atoms with van der Waals surface area (Å²) in [6, 6.07) is 4.79. The second-order valence-corrected chi connectivity index (χ2v) is 14.0. The Bertz CT molecular complexity index is 1040. The van der Waals surface area contributed by atoms with Gasteiger partial charge in [-0.2, -0.15) is 0 Å². The summed E-state index contributed by atoms with van der Waals surface area (Å²) in [6.07, 6.45) is 10.3. The van der Waals surface area contributed by atoms with Crippen LogP contribution in [0.15, 0.2) is 18.2 Å². The van der Waals surface area contributed by atoms with Gasteiger partial charge in [-0.05, 0) is 128 Å². The number of aliphatic hydroxyl groups excluding tert-OH is 2. The highest BCUT2D eigenvalue weighted by molar-refractivity contribution is 5.95. The van der Waals surface area contributed by atoms with E-state index >= 15 is 0 Å². The second kappa shape index (κ2) is 9.33. The molecule has 0 radical (unpaired) electrons. The van der Waals surface area contributed by atoms with Gasteiger partial charge in [0.05, 0.1) is 12.2 Å². The van der Waals surface area contributed by atoms with Gasteiger partial charge in [0.1, 0.15) is 5.82 Å². The number of carbonyl (C=O) groups excluding carboxylic acids is 1. The summed E-state index contributed by atoms with van der Waals surface area (Å²) < 4.78 is 13.8. The van der Waals surface area contributed by atoms with E-state index in [0.717, 1.165) is 56.2 Å². The number of aliphatic hydroxyl groups is 2. The Balaban J connectivity index is 1.14. The Morgan fingerprint density at radius 1 is 1.11 bits per heavy atom. The predicted octanol–water partition coefficient (Wildman–Crippen LogP) is 6.12. The van der Waals surface area contributed by atoms with Crippen molar-refractivity contribution in [2.45, 2.75) is 104 Å². The van der Waals surface area contributed by atoms with Gasteiger partial charge in [0.2, 0.25) is 5.91 Å². The van der Waals surface area contributed by atoms with Crippen molar-refractivity contribution in [1.29, 1.82) is 0 Å². The van der Waals surface area contributed by atoms with Crippen LogP contribution in [0.4, 0.5) is 10.1 Å². The van der Waals surface area contributed by atoms with Gasteiger partial charge in [0.25, 0.3) is 0 Å². The van der Waals surface area contributed by atoms with Crippen molar-refractivity contribution in [1.82, 2.24) is 0 Å². The molecule has 4 fully saturated rings. The summed E-state index contributed by atoms with van der Waals surface area (Å²) in [5.74, 6) is 3.03. The fraction of sp³-hybridized carbons (Fsp3) is 0.781. The SMILES string of the molecule is C[C@H](CCC(=O)N1CCc2ccc(F)cc21)[C@H]1CC[C@H]2[C@@H]3CC[C@@H]4C[C@H](O)CC[C@]4(C)[C@H]3C[C@H](O)[C@]12C. The lowest BCUT2D eigenvalue weighted by Crippen LogP contribution is -2.58. The molecule has 5 heteroatoms. The van der Waals surface area contributed by atoms with Crippen LogP contribution in [0, 0.1) is 52.2 Å². The number of rotatable bonds is 4. The zero-order valence-corrected chi connectivity index (χ0v) is 23.0. The Morgan fingerprint density at radius 3 is 2.73 bits per heavy atom. The highest BCUT2D eigenvalue weighted by atomic mass is 19.1. The van der Waals surface area contributed by atoms with Gasteiger partial charge < -0.3 is 15.1 Å². The van der Waals surface area contributed by atoms with Gasteiger partial charge in [0.15, 0.2) is 0 Å². The maximum atomic E-state index is 13.8. The fourth-order valence-electron chi connectivity index (χ4n) is 10.5. The molecular weight excluding hydrogens is 465 g/mol. The van der Waals surface area contributed by atoms with Crippen LogP contribution in [0.1, 0.15) is 90.5 Å². The van der Waals surface area contributed by atoms with Crippen LogP contribution in [0.3, 0.4) is 0 Å². The molecular formula is C32H46FNO3. The molecule has 0 bridgehead atoms. The second-order valence-electron chi connectivity index (χ2n) is 14.0. The van der Waals surface area contributed by atoms with Crippen molar-refractivity contribution >= 4 is 11.6 Å². The topological polar surface area (TPSA) is 60.8 Å². The number of hydrogen-bond acceptors (Lipinski definition) is 3. The molecule has 0 unspecified atom stereocenters. The van der Waals surface area contributed by atoms with Gasteiger partial charge in [0, 0.05) is 18.7 Å². The lowest BCUT2D eigenvalue weighted by molar-refractivity contribution is -0.174. The molecule has 1 aromatic carbocycles. The third-order valence-corrected chi connectivity index (χ3v) is 12.6. The molecule has 37 heavy (non-hydrogen) atoms. The average molecular weight is 512 g/mol. The third-order valence-electron chi connectivity index (χ3n) is 12.6.